The van der Waals surface area contributed by atoms with E-state index in [-0.39, 0.29) is 11.1 Å². The molecule has 2 aromatic carbocycles. The second kappa shape index (κ2) is 7.27. The van der Waals surface area contributed by atoms with Crippen LogP contribution in [0.25, 0.3) is 11.8 Å². The molecule has 0 spiro atoms. The van der Waals surface area contributed by atoms with Gasteiger partial charge in [0.2, 0.25) is 0 Å². The standard InChI is InChI=1S/C20H12Cl2N2O2S/c21-13-6-8-15(9-7-13)23-10-2-5-16(23)12-18-19(25)24(20(26)27-18)17-4-1-3-14(22)11-17/h1-12H/b18-12+. The Labute approximate surface area is 170 Å². The lowest BCUT2D eigenvalue weighted by Crippen LogP contribution is -2.27. The lowest BCUT2D eigenvalue weighted by atomic mass is 10.2. The lowest BCUT2D eigenvalue weighted by Gasteiger charge is -2.12. The van der Waals surface area contributed by atoms with Gasteiger partial charge in [0.05, 0.1) is 10.6 Å². The number of nitrogens with zero attached hydrogens (tertiary/aromatic N) is 2. The minimum Gasteiger partial charge on any atom is -0.317 e. The van der Waals surface area contributed by atoms with Gasteiger partial charge >= 0.3 is 0 Å². The third kappa shape index (κ3) is 3.54. The highest BCUT2D eigenvalue weighted by atomic mass is 35.5. The topological polar surface area (TPSA) is 42.3 Å². The Bertz CT molecular complexity index is 1070. The van der Waals surface area contributed by atoms with Crippen LogP contribution in [0.5, 0.6) is 0 Å². The van der Waals surface area contributed by atoms with Crippen molar-refractivity contribution >= 4 is 57.9 Å². The molecular formula is C20H12Cl2N2O2S. The van der Waals surface area contributed by atoms with Gasteiger partial charge in [-0.25, -0.2) is 4.90 Å². The highest BCUT2D eigenvalue weighted by Crippen LogP contribution is 2.36. The van der Waals surface area contributed by atoms with E-state index in [2.05, 4.69) is 0 Å². The molecule has 3 aromatic rings. The minimum atomic E-state index is -0.365. The summed E-state index contributed by atoms with van der Waals surface area (Å²) in [7, 11) is 0. The van der Waals surface area contributed by atoms with Crippen LogP contribution in [-0.2, 0) is 4.79 Å². The van der Waals surface area contributed by atoms with Crippen LogP contribution in [-0.4, -0.2) is 15.7 Å². The zero-order valence-corrected chi connectivity index (χ0v) is 16.1. The number of aromatic nitrogens is 1. The number of anilines is 1. The fraction of sp³-hybridized carbons (Fsp3) is 0. The van der Waals surface area contributed by atoms with Crippen LogP contribution >= 0.6 is 35.0 Å². The number of hydrogen-bond acceptors (Lipinski definition) is 3. The first kappa shape index (κ1) is 17.9. The summed E-state index contributed by atoms with van der Waals surface area (Å²) in [6, 6.07) is 17.8. The van der Waals surface area contributed by atoms with Crippen molar-refractivity contribution in [1.82, 2.24) is 4.57 Å². The monoisotopic (exact) mass is 414 g/mol. The quantitative estimate of drug-likeness (QED) is 0.491. The molecule has 27 heavy (non-hydrogen) atoms. The SMILES string of the molecule is O=C1S/C(=C/c2cccn2-c2ccc(Cl)cc2)C(=O)N1c1cccc(Cl)c1. The number of thioether (sulfide) groups is 1. The Morgan fingerprint density at radius 1 is 0.852 bits per heavy atom. The number of imide groups is 1. The Hall–Kier alpha value is -2.47. The summed E-state index contributed by atoms with van der Waals surface area (Å²) < 4.78 is 1.92. The lowest BCUT2D eigenvalue weighted by molar-refractivity contribution is -0.113. The van der Waals surface area contributed by atoms with Crippen molar-refractivity contribution in [1.29, 1.82) is 0 Å². The van der Waals surface area contributed by atoms with Crippen molar-refractivity contribution in [2.75, 3.05) is 4.90 Å². The third-order valence-corrected chi connectivity index (χ3v) is 5.38. The van der Waals surface area contributed by atoms with E-state index in [1.165, 1.54) is 0 Å². The van der Waals surface area contributed by atoms with Crippen molar-refractivity contribution in [2.45, 2.75) is 0 Å². The molecule has 4 rings (SSSR count). The van der Waals surface area contributed by atoms with Crippen molar-refractivity contribution < 1.29 is 9.59 Å². The van der Waals surface area contributed by atoms with Gasteiger partial charge in [-0.15, -0.1) is 0 Å². The average Bonchev–Trinajstić information content (AvgIpc) is 3.20. The first-order valence-corrected chi connectivity index (χ1v) is 9.57. The molecule has 1 saturated heterocycles. The molecule has 1 fully saturated rings. The summed E-state index contributed by atoms with van der Waals surface area (Å²) in [5.74, 6) is -0.365. The van der Waals surface area contributed by atoms with Gasteiger partial charge in [-0.05, 0) is 72.4 Å². The van der Waals surface area contributed by atoms with E-state index in [9.17, 15) is 9.59 Å². The molecule has 1 aromatic heterocycles. The Morgan fingerprint density at radius 3 is 2.37 bits per heavy atom. The Kier molecular flexibility index (Phi) is 4.83. The van der Waals surface area contributed by atoms with Crippen LogP contribution < -0.4 is 4.90 Å². The predicted octanol–water partition coefficient (Wildman–Crippen LogP) is 6.03. The molecule has 0 radical (unpaired) electrons. The second-order valence-corrected chi connectivity index (χ2v) is 7.64. The van der Waals surface area contributed by atoms with Crippen molar-refractivity contribution in [3.8, 4) is 5.69 Å². The van der Waals surface area contributed by atoms with Gasteiger partial charge in [0.25, 0.3) is 11.1 Å². The first-order chi connectivity index (χ1) is 13.0. The summed E-state index contributed by atoms with van der Waals surface area (Å²) in [5, 5.41) is 0.764. The van der Waals surface area contributed by atoms with Gasteiger partial charge in [-0.3, -0.25) is 9.59 Å². The molecule has 0 bridgehead atoms. The molecule has 1 aliphatic heterocycles. The second-order valence-electron chi connectivity index (χ2n) is 5.78. The maximum Gasteiger partial charge on any atom is 0.298 e. The summed E-state index contributed by atoms with van der Waals surface area (Å²) in [6.07, 6.45) is 3.60. The van der Waals surface area contributed by atoms with E-state index in [1.807, 2.05) is 35.0 Å². The molecule has 2 heterocycles. The number of carbonyl (C=O) groups is 2. The molecule has 2 amide bonds. The van der Waals surface area contributed by atoms with E-state index in [0.717, 1.165) is 28.0 Å². The van der Waals surface area contributed by atoms with E-state index < -0.39 is 0 Å². The fourth-order valence-corrected chi connectivity index (χ4v) is 3.92. The molecule has 0 atom stereocenters. The number of rotatable bonds is 3. The minimum absolute atomic E-state index is 0.349. The van der Waals surface area contributed by atoms with E-state index >= 15 is 0 Å². The van der Waals surface area contributed by atoms with Gasteiger partial charge in [-0.1, -0.05) is 29.3 Å². The van der Waals surface area contributed by atoms with Crippen LogP contribution in [0.1, 0.15) is 5.69 Å². The number of hydrogen-bond donors (Lipinski definition) is 0. The summed E-state index contributed by atoms with van der Waals surface area (Å²) >= 11 is 12.8. The molecule has 4 nitrogen and oxygen atoms in total. The molecule has 7 heteroatoms. The van der Waals surface area contributed by atoms with Gasteiger partial charge < -0.3 is 4.57 Å². The van der Waals surface area contributed by atoms with Crippen LogP contribution in [0, 0.1) is 0 Å². The molecular weight excluding hydrogens is 403 g/mol. The van der Waals surface area contributed by atoms with Crippen LogP contribution in [0.3, 0.4) is 0 Å². The molecule has 134 valence electrons. The number of carbonyl (C=O) groups excluding carboxylic acids is 2. The normalized spacial score (nSPS) is 15.8. The van der Waals surface area contributed by atoms with Gasteiger partial charge in [0.15, 0.2) is 0 Å². The van der Waals surface area contributed by atoms with Crippen molar-refractivity contribution in [3.63, 3.8) is 0 Å². The Balaban J connectivity index is 1.68. The molecule has 0 unspecified atom stereocenters. The summed E-state index contributed by atoms with van der Waals surface area (Å²) in [5.41, 5.74) is 2.15. The molecule has 0 aliphatic carbocycles. The number of halogens is 2. The van der Waals surface area contributed by atoms with Gasteiger partial charge in [0.1, 0.15) is 0 Å². The van der Waals surface area contributed by atoms with Crippen LogP contribution in [0.2, 0.25) is 10.0 Å². The van der Waals surface area contributed by atoms with Crippen molar-refractivity contribution in [3.05, 3.63) is 87.5 Å². The van der Waals surface area contributed by atoms with E-state index in [0.29, 0.717) is 20.6 Å². The number of benzene rings is 2. The van der Waals surface area contributed by atoms with E-state index in [4.69, 9.17) is 23.2 Å². The zero-order chi connectivity index (χ0) is 19.0. The molecule has 0 N–H and O–H groups in total. The Morgan fingerprint density at radius 2 is 1.63 bits per heavy atom. The van der Waals surface area contributed by atoms with Gasteiger partial charge in [-0.2, -0.15) is 0 Å². The highest BCUT2D eigenvalue weighted by molar-refractivity contribution is 8.19. The predicted molar refractivity (Wildman–Crippen MR) is 111 cm³/mol. The first-order valence-electron chi connectivity index (χ1n) is 8.00. The van der Waals surface area contributed by atoms with Crippen LogP contribution in [0.15, 0.2) is 71.8 Å². The highest BCUT2D eigenvalue weighted by Gasteiger charge is 2.36. The maximum atomic E-state index is 12.8. The fourth-order valence-electron chi connectivity index (χ4n) is 2.79. The zero-order valence-electron chi connectivity index (χ0n) is 13.8. The number of amides is 2. The van der Waals surface area contributed by atoms with Gasteiger partial charge in [0, 0.05) is 27.6 Å². The third-order valence-electron chi connectivity index (χ3n) is 4.02. The largest absolute Gasteiger partial charge is 0.317 e. The van der Waals surface area contributed by atoms with E-state index in [1.54, 1.807) is 42.5 Å². The smallest absolute Gasteiger partial charge is 0.298 e. The summed E-state index contributed by atoms with van der Waals surface area (Å²) in [4.78, 5) is 26.7. The molecule has 0 saturated carbocycles. The molecule has 1 aliphatic rings. The van der Waals surface area contributed by atoms with Crippen LogP contribution in [0.4, 0.5) is 10.5 Å². The van der Waals surface area contributed by atoms with Crippen molar-refractivity contribution in [2.24, 2.45) is 0 Å². The maximum absolute atomic E-state index is 12.8. The average molecular weight is 415 g/mol. The summed E-state index contributed by atoms with van der Waals surface area (Å²) in [6.45, 7) is 0.